The minimum absolute atomic E-state index is 0.0129. The third-order valence-electron chi connectivity index (χ3n) is 3.22. The van der Waals surface area contributed by atoms with E-state index in [0.717, 1.165) is 37.4 Å². The van der Waals surface area contributed by atoms with Crippen LogP contribution in [0, 0.1) is 11.6 Å². The molecule has 0 saturated heterocycles. The predicted octanol–water partition coefficient (Wildman–Crippen LogP) is 1.10. The van der Waals surface area contributed by atoms with Gasteiger partial charge in [0.25, 0.3) is 0 Å². The minimum atomic E-state index is -0.766. The van der Waals surface area contributed by atoms with Crippen molar-refractivity contribution >= 4 is 0 Å². The maximum Gasteiger partial charge on any atom is 0.346 e. The zero-order chi connectivity index (χ0) is 13.4. The second-order valence-corrected chi connectivity index (χ2v) is 4.55. The first-order chi connectivity index (χ1) is 9.15. The highest BCUT2D eigenvalue weighted by atomic mass is 19.1. The lowest BCUT2D eigenvalue weighted by atomic mass is 10.2. The zero-order valence-corrected chi connectivity index (χ0v) is 10.1. The van der Waals surface area contributed by atoms with Crippen LogP contribution in [-0.2, 0) is 19.5 Å². The first kappa shape index (κ1) is 12.0. The molecule has 0 bridgehead atoms. The van der Waals surface area contributed by atoms with Gasteiger partial charge in [-0.3, -0.25) is 9.55 Å². The summed E-state index contributed by atoms with van der Waals surface area (Å²) in [4.78, 5) is 15.7. The molecule has 3 heterocycles. The van der Waals surface area contributed by atoms with Crippen molar-refractivity contribution in [3.05, 3.63) is 45.9 Å². The number of pyridine rings is 1. The zero-order valence-electron chi connectivity index (χ0n) is 10.1. The Labute approximate surface area is 107 Å². The largest absolute Gasteiger partial charge is 0.346 e. The summed E-state index contributed by atoms with van der Waals surface area (Å²) in [7, 11) is 0. The van der Waals surface area contributed by atoms with E-state index in [-0.39, 0.29) is 17.9 Å². The molecule has 19 heavy (non-hydrogen) atoms. The fourth-order valence-electron chi connectivity index (χ4n) is 2.25. The van der Waals surface area contributed by atoms with Crippen molar-refractivity contribution in [1.29, 1.82) is 0 Å². The first-order valence-electron chi connectivity index (χ1n) is 6.11. The molecule has 1 aliphatic rings. The fourth-order valence-corrected chi connectivity index (χ4v) is 2.25. The van der Waals surface area contributed by atoms with Gasteiger partial charge in [0, 0.05) is 19.0 Å². The van der Waals surface area contributed by atoms with Gasteiger partial charge in [-0.1, -0.05) is 0 Å². The second-order valence-electron chi connectivity index (χ2n) is 4.55. The highest BCUT2D eigenvalue weighted by Crippen LogP contribution is 2.11. The summed E-state index contributed by atoms with van der Waals surface area (Å²) in [5.74, 6) is -0.783. The van der Waals surface area contributed by atoms with Crippen LogP contribution in [0.5, 0.6) is 0 Å². The van der Waals surface area contributed by atoms with Gasteiger partial charge in [-0.05, 0) is 12.8 Å². The van der Waals surface area contributed by atoms with E-state index in [2.05, 4.69) is 10.1 Å². The van der Waals surface area contributed by atoms with Crippen LogP contribution in [0.1, 0.15) is 24.4 Å². The molecule has 1 aliphatic heterocycles. The van der Waals surface area contributed by atoms with Gasteiger partial charge < -0.3 is 0 Å². The number of aryl methyl sites for hydroxylation is 1. The third kappa shape index (κ3) is 2.16. The van der Waals surface area contributed by atoms with Crippen molar-refractivity contribution in [2.45, 2.75) is 32.4 Å². The summed E-state index contributed by atoms with van der Waals surface area (Å²) in [5.41, 5.74) is -0.251. The molecule has 0 atom stereocenters. The van der Waals surface area contributed by atoms with E-state index in [1.165, 1.54) is 4.68 Å². The van der Waals surface area contributed by atoms with Crippen LogP contribution >= 0.6 is 0 Å². The standard InChI is InChI=1S/C12H12F2N4O/c13-8-5-9(14)10(15-6-8)7-18-12(19)17-4-2-1-3-11(17)16-18/h5-6H,1-4,7H2. The molecule has 0 N–H and O–H groups in total. The maximum absolute atomic E-state index is 13.5. The number of hydrogen-bond donors (Lipinski definition) is 0. The summed E-state index contributed by atoms with van der Waals surface area (Å²) in [5, 5.41) is 4.18. The van der Waals surface area contributed by atoms with Crippen LogP contribution in [0.3, 0.4) is 0 Å². The van der Waals surface area contributed by atoms with E-state index < -0.39 is 11.6 Å². The van der Waals surface area contributed by atoms with Gasteiger partial charge in [0.1, 0.15) is 17.5 Å². The van der Waals surface area contributed by atoms with Crippen LogP contribution < -0.4 is 5.69 Å². The molecular formula is C12H12F2N4O. The lowest BCUT2D eigenvalue weighted by molar-refractivity contribution is 0.510. The monoisotopic (exact) mass is 266 g/mol. The Balaban J connectivity index is 1.95. The molecule has 100 valence electrons. The van der Waals surface area contributed by atoms with Gasteiger partial charge in [0.15, 0.2) is 0 Å². The van der Waals surface area contributed by atoms with E-state index in [9.17, 15) is 13.6 Å². The molecule has 0 aliphatic carbocycles. The number of nitrogens with zero attached hydrogens (tertiary/aromatic N) is 4. The average Bonchev–Trinajstić information content (AvgIpc) is 2.70. The molecule has 3 rings (SSSR count). The summed E-state index contributed by atoms with van der Waals surface area (Å²) in [6.45, 7) is 0.568. The van der Waals surface area contributed by atoms with Crippen LogP contribution in [0.25, 0.3) is 0 Å². The van der Waals surface area contributed by atoms with Gasteiger partial charge in [-0.2, -0.15) is 5.10 Å². The topological polar surface area (TPSA) is 52.7 Å². The molecule has 0 spiro atoms. The van der Waals surface area contributed by atoms with E-state index in [1.54, 1.807) is 4.57 Å². The molecule has 0 unspecified atom stereocenters. The Kier molecular flexibility index (Phi) is 2.88. The molecule has 5 nitrogen and oxygen atoms in total. The molecule has 0 amide bonds. The predicted molar refractivity (Wildman–Crippen MR) is 62.7 cm³/mol. The number of aromatic nitrogens is 4. The van der Waals surface area contributed by atoms with Crippen LogP contribution in [0.15, 0.2) is 17.1 Å². The lowest BCUT2D eigenvalue weighted by Gasteiger charge is -2.09. The minimum Gasteiger partial charge on any atom is -0.279 e. The van der Waals surface area contributed by atoms with Crippen LogP contribution in [-0.4, -0.2) is 19.3 Å². The van der Waals surface area contributed by atoms with E-state index in [0.29, 0.717) is 6.54 Å². The molecular weight excluding hydrogens is 254 g/mol. The molecule has 2 aromatic heterocycles. The second kappa shape index (κ2) is 4.56. The molecule has 0 saturated carbocycles. The van der Waals surface area contributed by atoms with Crippen molar-refractivity contribution < 1.29 is 8.78 Å². The van der Waals surface area contributed by atoms with Crippen molar-refractivity contribution in [1.82, 2.24) is 19.3 Å². The highest BCUT2D eigenvalue weighted by molar-refractivity contribution is 5.09. The Morgan fingerprint density at radius 2 is 2.16 bits per heavy atom. The Morgan fingerprint density at radius 1 is 1.32 bits per heavy atom. The SMILES string of the molecule is O=c1n(Cc2ncc(F)cc2F)nc2n1CCCC2. The number of halogens is 2. The summed E-state index contributed by atoms with van der Waals surface area (Å²) < 4.78 is 29.0. The Bertz CT molecular complexity index is 677. The van der Waals surface area contributed by atoms with Crippen molar-refractivity contribution in [2.24, 2.45) is 0 Å². The number of fused-ring (bicyclic) bond motifs is 1. The van der Waals surface area contributed by atoms with Crippen molar-refractivity contribution in [3.8, 4) is 0 Å². The number of rotatable bonds is 2. The molecule has 0 radical (unpaired) electrons. The maximum atomic E-state index is 13.5. The molecule has 2 aromatic rings. The molecule has 0 aromatic carbocycles. The Hall–Kier alpha value is -2.05. The Morgan fingerprint density at radius 3 is 2.89 bits per heavy atom. The summed E-state index contributed by atoms with van der Waals surface area (Å²) in [6, 6.07) is 0.753. The van der Waals surface area contributed by atoms with Crippen LogP contribution in [0.2, 0.25) is 0 Å². The molecule has 7 heteroatoms. The average molecular weight is 266 g/mol. The lowest BCUT2D eigenvalue weighted by Crippen LogP contribution is -2.27. The van der Waals surface area contributed by atoms with Crippen molar-refractivity contribution in [3.63, 3.8) is 0 Å². The highest BCUT2D eigenvalue weighted by Gasteiger charge is 2.17. The third-order valence-corrected chi connectivity index (χ3v) is 3.22. The van der Waals surface area contributed by atoms with Gasteiger partial charge >= 0.3 is 5.69 Å². The summed E-state index contributed by atoms with van der Waals surface area (Å²) in [6.07, 6.45) is 3.63. The van der Waals surface area contributed by atoms with Crippen LogP contribution in [0.4, 0.5) is 8.78 Å². The fraction of sp³-hybridized carbons (Fsp3) is 0.417. The summed E-state index contributed by atoms with van der Waals surface area (Å²) >= 11 is 0. The number of hydrogen-bond acceptors (Lipinski definition) is 3. The van der Waals surface area contributed by atoms with Crippen molar-refractivity contribution in [2.75, 3.05) is 0 Å². The quantitative estimate of drug-likeness (QED) is 0.818. The van der Waals surface area contributed by atoms with Gasteiger partial charge in [0.2, 0.25) is 0 Å². The smallest absolute Gasteiger partial charge is 0.279 e. The molecule has 0 fully saturated rings. The van der Waals surface area contributed by atoms with E-state index in [4.69, 9.17) is 0 Å². The van der Waals surface area contributed by atoms with Gasteiger partial charge in [-0.15, -0.1) is 0 Å². The van der Waals surface area contributed by atoms with E-state index in [1.807, 2.05) is 0 Å². The normalized spacial score (nSPS) is 14.4. The van der Waals surface area contributed by atoms with Gasteiger partial charge in [0.05, 0.1) is 18.4 Å². The first-order valence-corrected chi connectivity index (χ1v) is 6.11. The van der Waals surface area contributed by atoms with E-state index >= 15 is 0 Å². The van der Waals surface area contributed by atoms with Gasteiger partial charge in [-0.25, -0.2) is 18.3 Å².